The van der Waals surface area contributed by atoms with E-state index >= 15 is 0 Å². The second kappa shape index (κ2) is 5.97. The molecule has 108 valence electrons. The fraction of sp³-hybridized carbons (Fsp3) is 0.235. The van der Waals surface area contributed by atoms with E-state index in [1.807, 2.05) is 54.6 Å². The summed E-state index contributed by atoms with van der Waals surface area (Å²) in [4.78, 5) is 12.1. The average molecular weight is 282 g/mol. The molecule has 1 amide bonds. The Morgan fingerprint density at radius 3 is 2.67 bits per heavy atom. The molecule has 0 saturated heterocycles. The van der Waals surface area contributed by atoms with Gasteiger partial charge in [0.2, 0.25) is 5.91 Å². The normalized spacial score (nSPS) is 17.7. The standard InChI is InChI=1S/C17H18N2O2/c18-16(12-6-2-1-3-7-12)17(20)19-11-14-10-13-8-4-5-9-15(13)21-14/h1-9,14,16H,10-11,18H2,(H,19,20)/t14?,16-/m1/s1. The molecular formula is C17H18N2O2. The Bertz CT molecular complexity index is 603. The molecule has 2 atom stereocenters. The van der Waals surface area contributed by atoms with Gasteiger partial charge in [-0.25, -0.2) is 0 Å². The first kappa shape index (κ1) is 13.6. The zero-order chi connectivity index (χ0) is 14.7. The molecule has 3 rings (SSSR count). The van der Waals surface area contributed by atoms with Crippen molar-refractivity contribution in [1.82, 2.24) is 5.32 Å². The number of nitrogens with one attached hydrogen (secondary N) is 1. The topological polar surface area (TPSA) is 64.4 Å². The molecule has 0 saturated carbocycles. The fourth-order valence-corrected chi connectivity index (χ4v) is 2.50. The average Bonchev–Trinajstić information content (AvgIpc) is 2.95. The first-order valence-corrected chi connectivity index (χ1v) is 7.07. The molecule has 21 heavy (non-hydrogen) atoms. The maximum absolute atomic E-state index is 12.1. The van der Waals surface area contributed by atoms with Crippen molar-refractivity contribution >= 4 is 5.91 Å². The molecule has 1 aliphatic heterocycles. The predicted octanol–water partition coefficient (Wildman–Crippen LogP) is 1.81. The molecule has 4 heteroatoms. The second-order valence-corrected chi connectivity index (χ2v) is 5.19. The van der Waals surface area contributed by atoms with Gasteiger partial charge in [0.1, 0.15) is 17.9 Å². The maximum Gasteiger partial charge on any atom is 0.241 e. The summed E-state index contributed by atoms with van der Waals surface area (Å²) in [6, 6.07) is 16.7. The van der Waals surface area contributed by atoms with Crippen molar-refractivity contribution in [2.75, 3.05) is 6.54 Å². The summed E-state index contributed by atoms with van der Waals surface area (Å²) in [6.45, 7) is 0.466. The van der Waals surface area contributed by atoms with Crippen LogP contribution >= 0.6 is 0 Å². The van der Waals surface area contributed by atoms with Crippen molar-refractivity contribution in [1.29, 1.82) is 0 Å². The van der Waals surface area contributed by atoms with Gasteiger partial charge >= 0.3 is 0 Å². The Kier molecular flexibility index (Phi) is 3.88. The van der Waals surface area contributed by atoms with Crippen LogP contribution in [0.4, 0.5) is 0 Å². The first-order chi connectivity index (χ1) is 10.2. The van der Waals surface area contributed by atoms with Crippen LogP contribution in [0, 0.1) is 0 Å². The van der Waals surface area contributed by atoms with Gasteiger partial charge in [0, 0.05) is 6.42 Å². The van der Waals surface area contributed by atoms with Crippen LogP contribution in [0.5, 0.6) is 5.75 Å². The van der Waals surface area contributed by atoms with Crippen LogP contribution in [0.3, 0.4) is 0 Å². The summed E-state index contributed by atoms with van der Waals surface area (Å²) < 4.78 is 5.79. The minimum absolute atomic E-state index is 0.0191. The lowest BCUT2D eigenvalue weighted by molar-refractivity contribution is -0.122. The van der Waals surface area contributed by atoms with Gasteiger partial charge in [-0.3, -0.25) is 4.79 Å². The maximum atomic E-state index is 12.1. The lowest BCUT2D eigenvalue weighted by Crippen LogP contribution is -2.39. The fourth-order valence-electron chi connectivity index (χ4n) is 2.50. The van der Waals surface area contributed by atoms with E-state index in [9.17, 15) is 4.79 Å². The largest absolute Gasteiger partial charge is 0.488 e. The van der Waals surface area contributed by atoms with Gasteiger partial charge in [-0.1, -0.05) is 48.5 Å². The molecule has 4 nitrogen and oxygen atoms in total. The predicted molar refractivity (Wildman–Crippen MR) is 80.9 cm³/mol. The van der Waals surface area contributed by atoms with Crippen molar-refractivity contribution < 1.29 is 9.53 Å². The molecule has 0 aliphatic carbocycles. The highest BCUT2D eigenvalue weighted by molar-refractivity contribution is 5.82. The summed E-state index contributed by atoms with van der Waals surface area (Å²) in [6.07, 6.45) is 0.797. The second-order valence-electron chi connectivity index (χ2n) is 5.19. The van der Waals surface area contributed by atoms with Gasteiger partial charge in [0.05, 0.1) is 6.54 Å². The van der Waals surface area contributed by atoms with E-state index in [-0.39, 0.29) is 12.0 Å². The van der Waals surface area contributed by atoms with Crippen LogP contribution in [-0.2, 0) is 11.2 Å². The quantitative estimate of drug-likeness (QED) is 0.899. The zero-order valence-electron chi connectivity index (χ0n) is 11.7. The Morgan fingerprint density at radius 1 is 1.19 bits per heavy atom. The smallest absolute Gasteiger partial charge is 0.241 e. The molecule has 0 spiro atoms. The van der Waals surface area contributed by atoms with Crippen LogP contribution in [0.25, 0.3) is 0 Å². The number of amides is 1. The first-order valence-electron chi connectivity index (χ1n) is 7.07. The van der Waals surface area contributed by atoms with E-state index in [4.69, 9.17) is 10.5 Å². The van der Waals surface area contributed by atoms with Crippen molar-refractivity contribution in [3.8, 4) is 5.75 Å². The lowest BCUT2D eigenvalue weighted by atomic mass is 10.1. The zero-order valence-corrected chi connectivity index (χ0v) is 11.7. The molecule has 2 aromatic carbocycles. The molecule has 0 fully saturated rings. The third kappa shape index (κ3) is 3.06. The highest BCUT2D eigenvalue weighted by Gasteiger charge is 2.24. The van der Waals surface area contributed by atoms with Crippen LogP contribution < -0.4 is 15.8 Å². The van der Waals surface area contributed by atoms with Crippen molar-refractivity contribution in [2.24, 2.45) is 5.73 Å². The van der Waals surface area contributed by atoms with Gasteiger partial charge in [0.25, 0.3) is 0 Å². The Balaban J connectivity index is 1.53. The Hall–Kier alpha value is -2.33. The molecule has 1 aliphatic rings. The highest BCUT2D eigenvalue weighted by atomic mass is 16.5. The van der Waals surface area contributed by atoms with Crippen molar-refractivity contribution in [2.45, 2.75) is 18.6 Å². The highest BCUT2D eigenvalue weighted by Crippen LogP contribution is 2.27. The number of para-hydroxylation sites is 1. The van der Waals surface area contributed by atoms with E-state index in [1.165, 1.54) is 5.56 Å². The third-order valence-corrected chi connectivity index (χ3v) is 3.66. The summed E-state index contributed by atoms with van der Waals surface area (Å²) in [5.41, 5.74) is 7.95. The molecule has 0 radical (unpaired) electrons. The molecule has 2 aromatic rings. The van der Waals surface area contributed by atoms with Crippen molar-refractivity contribution in [3.05, 3.63) is 65.7 Å². The van der Waals surface area contributed by atoms with E-state index in [0.717, 1.165) is 17.7 Å². The summed E-state index contributed by atoms with van der Waals surface area (Å²) in [5, 5.41) is 2.87. The number of ether oxygens (including phenoxy) is 1. The summed E-state index contributed by atoms with van der Waals surface area (Å²) in [5.74, 6) is 0.727. The van der Waals surface area contributed by atoms with Gasteiger partial charge in [-0.15, -0.1) is 0 Å². The number of nitrogens with two attached hydrogens (primary N) is 1. The molecule has 3 N–H and O–H groups in total. The SMILES string of the molecule is N[C@@H](C(=O)NCC1Cc2ccccc2O1)c1ccccc1. The van der Waals surface area contributed by atoms with Crippen LogP contribution in [0.15, 0.2) is 54.6 Å². The number of fused-ring (bicyclic) bond motifs is 1. The van der Waals surface area contributed by atoms with Gasteiger partial charge in [-0.05, 0) is 17.2 Å². The minimum Gasteiger partial charge on any atom is -0.488 e. The summed E-state index contributed by atoms with van der Waals surface area (Å²) in [7, 11) is 0. The van der Waals surface area contributed by atoms with E-state index in [1.54, 1.807) is 0 Å². The number of benzene rings is 2. The summed E-state index contributed by atoms with van der Waals surface area (Å²) >= 11 is 0. The van der Waals surface area contributed by atoms with Crippen molar-refractivity contribution in [3.63, 3.8) is 0 Å². The molecule has 0 aromatic heterocycles. The number of carbonyl (C=O) groups is 1. The van der Waals surface area contributed by atoms with Crippen LogP contribution in [0.1, 0.15) is 17.2 Å². The van der Waals surface area contributed by atoms with Crippen LogP contribution in [-0.4, -0.2) is 18.6 Å². The van der Waals surface area contributed by atoms with Gasteiger partial charge in [0.15, 0.2) is 0 Å². The van der Waals surface area contributed by atoms with Gasteiger partial charge < -0.3 is 15.8 Å². The van der Waals surface area contributed by atoms with E-state index < -0.39 is 6.04 Å². The monoisotopic (exact) mass is 282 g/mol. The Morgan fingerprint density at radius 2 is 1.90 bits per heavy atom. The van der Waals surface area contributed by atoms with E-state index in [2.05, 4.69) is 5.32 Å². The Labute approximate surface area is 123 Å². The van der Waals surface area contributed by atoms with E-state index in [0.29, 0.717) is 6.54 Å². The molecule has 0 bridgehead atoms. The van der Waals surface area contributed by atoms with Gasteiger partial charge in [-0.2, -0.15) is 0 Å². The number of carbonyl (C=O) groups excluding carboxylic acids is 1. The third-order valence-electron chi connectivity index (χ3n) is 3.66. The number of hydrogen-bond acceptors (Lipinski definition) is 3. The van der Waals surface area contributed by atoms with Crippen LogP contribution in [0.2, 0.25) is 0 Å². The molecule has 1 heterocycles. The minimum atomic E-state index is -0.644. The number of rotatable bonds is 4. The number of hydrogen-bond donors (Lipinski definition) is 2. The lowest BCUT2D eigenvalue weighted by Gasteiger charge is -2.15. The molecular weight excluding hydrogens is 264 g/mol. The molecule has 1 unspecified atom stereocenters.